The quantitative estimate of drug-likeness (QED) is 0.824. The van der Waals surface area contributed by atoms with Crippen LogP contribution in [0.15, 0.2) is 30.3 Å². The van der Waals surface area contributed by atoms with E-state index >= 15 is 0 Å². The summed E-state index contributed by atoms with van der Waals surface area (Å²) >= 11 is 0. The number of hydrogen-bond donors (Lipinski definition) is 2. The second kappa shape index (κ2) is 5.40. The van der Waals surface area contributed by atoms with Crippen LogP contribution < -0.4 is 11.1 Å². The molecule has 0 bridgehead atoms. The van der Waals surface area contributed by atoms with Gasteiger partial charge in [-0.15, -0.1) is 0 Å². The van der Waals surface area contributed by atoms with Crippen molar-refractivity contribution in [2.24, 2.45) is 0 Å². The van der Waals surface area contributed by atoms with Crippen LogP contribution in [0.1, 0.15) is 22.4 Å². The highest BCUT2D eigenvalue weighted by molar-refractivity contribution is 5.56. The molecule has 0 aliphatic carbocycles. The Morgan fingerprint density at radius 1 is 1.32 bits per heavy atom. The fourth-order valence-electron chi connectivity index (χ4n) is 1.99. The number of pyridine rings is 1. The molecule has 0 saturated carbocycles. The van der Waals surface area contributed by atoms with Gasteiger partial charge in [0.15, 0.2) is 0 Å². The summed E-state index contributed by atoms with van der Waals surface area (Å²) in [5.41, 5.74) is 9.95. The number of benzene rings is 1. The fraction of sp³-hybridized carbons (Fsp3) is 0.200. The van der Waals surface area contributed by atoms with Crippen LogP contribution in [-0.4, -0.2) is 4.98 Å². The summed E-state index contributed by atoms with van der Waals surface area (Å²) in [4.78, 5) is 4.38. The molecule has 0 radical (unpaired) electrons. The average Bonchev–Trinajstić information content (AvgIpc) is 2.36. The topological polar surface area (TPSA) is 74.7 Å². The van der Waals surface area contributed by atoms with E-state index in [-0.39, 0.29) is 0 Å². The lowest BCUT2D eigenvalue weighted by molar-refractivity contribution is 1.07. The molecule has 96 valence electrons. The molecule has 0 fully saturated rings. The molecular weight excluding hydrogens is 236 g/mol. The minimum Gasteiger partial charge on any atom is -0.399 e. The minimum atomic E-state index is 0.592. The number of nitriles is 1. The van der Waals surface area contributed by atoms with Gasteiger partial charge in [0, 0.05) is 17.9 Å². The fourth-order valence-corrected chi connectivity index (χ4v) is 1.99. The second-order valence-electron chi connectivity index (χ2n) is 4.51. The Bertz CT molecular complexity index is 641. The number of nitrogen functional groups attached to an aromatic ring is 1. The zero-order valence-electron chi connectivity index (χ0n) is 11.1. The monoisotopic (exact) mass is 252 g/mol. The first-order chi connectivity index (χ1) is 9.10. The first kappa shape index (κ1) is 12.9. The molecule has 0 unspecified atom stereocenters. The normalized spacial score (nSPS) is 9.95. The Balaban J connectivity index is 2.22. The highest BCUT2D eigenvalue weighted by Gasteiger charge is 2.08. The summed E-state index contributed by atoms with van der Waals surface area (Å²) < 4.78 is 0. The van der Waals surface area contributed by atoms with Crippen LogP contribution in [0.5, 0.6) is 0 Å². The molecule has 3 N–H and O–H groups in total. The van der Waals surface area contributed by atoms with E-state index in [1.807, 2.05) is 44.2 Å². The number of anilines is 2. The van der Waals surface area contributed by atoms with Gasteiger partial charge in [-0.05, 0) is 43.2 Å². The summed E-state index contributed by atoms with van der Waals surface area (Å²) in [6, 6.07) is 11.7. The van der Waals surface area contributed by atoms with Crippen LogP contribution in [0.3, 0.4) is 0 Å². The maximum atomic E-state index is 9.18. The lowest BCUT2D eigenvalue weighted by Crippen LogP contribution is -2.06. The molecule has 0 amide bonds. The van der Waals surface area contributed by atoms with E-state index in [0.29, 0.717) is 17.9 Å². The summed E-state index contributed by atoms with van der Waals surface area (Å²) in [6.07, 6.45) is 0. The average molecular weight is 252 g/mol. The van der Waals surface area contributed by atoms with Gasteiger partial charge in [-0.1, -0.05) is 12.1 Å². The van der Waals surface area contributed by atoms with Gasteiger partial charge in [0.25, 0.3) is 0 Å². The molecule has 0 aliphatic heterocycles. The predicted molar refractivity (Wildman–Crippen MR) is 76.6 cm³/mol. The first-order valence-electron chi connectivity index (χ1n) is 6.07. The van der Waals surface area contributed by atoms with Crippen molar-refractivity contribution in [3.05, 3.63) is 52.7 Å². The largest absolute Gasteiger partial charge is 0.399 e. The smallest absolute Gasteiger partial charge is 0.144 e. The molecule has 4 heteroatoms. The van der Waals surface area contributed by atoms with Crippen molar-refractivity contribution in [2.45, 2.75) is 20.4 Å². The van der Waals surface area contributed by atoms with Gasteiger partial charge in [-0.2, -0.15) is 5.26 Å². The van der Waals surface area contributed by atoms with Crippen molar-refractivity contribution in [2.75, 3.05) is 11.1 Å². The molecule has 1 aromatic carbocycles. The number of nitrogens with two attached hydrogens (primary N) is 1. The highest BCUT2D eigenvalue weighted by atomic mass is 15.0. The minimum absolute atomic E-state index is 0.592. The van der Waals surface area contributed by atoms with Crippen molar-refractivity contribution in [3.8, 4) is 6.07 Å². The standard InChI is InChI=1S/C15H16N4/c1-10-6-11(2)19-15(14(10)8-16)18-9-12-4-3-5-13(17)7-12/h3-7H,9,17H2,1-2H3,(H,18,19). The summed E-state index contributed by atoms with van der Waals surface area (Å²) in [7, 11) is 0. The van der Waals surface area contributed by atoms with E-state index in [1.165, 1.54) is 0 Å². The highest BCUT2D eigenvalue weighted by Crippen LogP contribution is 2.18. The van der Waals surface area contributed by atoms with Gasteiger partial charge >= 0.3 is 0 Å². The molecule has 19 heavy (non-hydrogen) atoms. The van der Waals surface area contributed by atoms with Crippen molar-refractivity contribution in [1.82, 2.24) is 4.98 Å². The third-order valence-electron chi connectivity index (χ3n) is 2.87. The van der Waals surface area contributed by atoms with Gasteiger partial charge in [0.2, 0.25) is 0 Å². The van der Waals surface area contributed by atoms with Crippen molar-refractivity contribution < 1.29 is 0 Å². The van der Waals surface area contributed by atoms with E-state index < -0.39 is 0 Å². The van der Waals surface area contributed by atoms with Crippen LogP contribution >= 0.6 is 0 Å². The van der Waals surface area contributed by atoms with Gasteiger partial charge in [0.05, 0.1) is 5.56 Å². The molecular formula is C15H16N4. The summed E-state index contributed by atoms with van der Waals surface area (Å²) in [5, 5.41) is 12.4. The molecule has 0 aliphatic rings. The van der Waals surface area contributed by atoms with E-state index in [9.17, 15) is 5.26 Å². The van der Waals surface area contributed by atoms with Crippen LogP contribution in [-0.2, 0) is 6.54 Å². The van der Waals surface area contributed by atoms with E-state index in [2.05, 4.69) is 16.4 Å². The van der Waals surface area contributed by atoms with Gasteiger partial charge in [0.1, 0.15) is 11.9 Å². The molecule has 4 nitrogen and oxygen atoms in total. The maximum Gasteiger partial charge on any atom is 0.144 e. The second-order valence-corrected chi connectivity index (χ2v) is 4.51. The number of aryl methyl sites for hydroxylation is 2. The van der Waals surface area contributed by atoms with Gasteiger partial charge in [-0.3, -0.25) is 0 Å². The Kier molecular flexibility index (Phi) is 3.67. The molecule has 2 rings (SSSR count). The number of nitrogens with one attached hydrogen (secondary N) is 1. The van der Waals surface area contributed by atoms with Crippen molar-refractivity contribution in [3.63, 3.8) is 0 Å². The van der Waals surface area contributed by atoms with Gasteiger partial charge in [-0.25, -0.2) is 4.98 Å². The Labute approximate surface area is 112 Å². The SMILES string of the molecule is Cc1cc(C)c(C#N)c(NCc2cccc(N)c2)n1. The van der Waals surface area contributed by atoms with Crippen LogP contribution in [0.2, 0.25) is 0 Å². The number of aromatic nitrogens is 1. The van der Waals surface area contributed by atoms with Crippen LogP contribution in [0.25, 0.3) is 0 Å². The number of rotatable bonds is 3. The van der Waals surface area contributed by atoms with Crippen molar-refractivity contribution >= 4 is 11.5 Å². The third-order valence-corrected chi connectivity index (χ3v) is 2.87. The zero-order chi connectivity index (χ0) is 13.8. The molecule has 0 atom stereocenters. The molecule has 2 aromatic rings. The lowest BCUT2D eigenvalue weighted by Gasteiger charge is -2.10. The molecule has 0 spiro atoms. The van der Waals surface area contributed by atoms with E-state index in [1.54, 1.807) is 0 Å². The summed E-state index contributed by atoms with van der Waals surface area (Å²) in [5.74, 6) is 0.627. The van der Waals surface area contributed by atoms with Crippen LogP contribution in [0.4, 0.5) is 11.5 Å². The first-order valence-corrected chi connectivity index (χ1v) is 6.07. The third kappa shape index (κ3) is 3.02. The summed E-state index contributed by atoms with van der Waals surface area (Å²) in [6.45, 7) is 4.42. The molecule has 1 heterocycles. The number of hydrogen-bond acceptors (Lipinski definition) is 4. The number of nitrogens with zero attached hydrogens (tertiary/aromatic N) is 2. The molecule has 1 aromatic heterocycles. The lowest BCUT2D eigenvalue weighted by atomic mass is 10.1. The van der Waals surface area contributed by atoms with Crippen LogP contribution in [0, 0.1) is 25.2 Å². The Morgan fingerprint density at radius 3 is 2.79 bits per heavy atom. The zero-order valence-corrected chi connectivity index (χ0v) is 11.1. The molecule has 0 saturated heterocycles. The van der Waals surface area contributed by atoms with Gasteiger partial charge < -0.3 is 11.1 Å². The maximum absolute atomic E-state index is 9.18. The predicted octanol–water partition coefficient (Wildman–Crippen LogP) is 2.76. The Hall–Kier alpha value is -2.54. The Morgan fingerprint density at radius 2 is 2.11 bits per heavy atom. The van der Waals surface area contributed by atoms with E-state index in [0.717, 1.165) is 22.5 Å². The van der Waals surface area contributed by atoms with E-state index in [4.69, 9.17) is 5.73 Å². The van der Waals surface area contributed by atoms with Crippen molar-refractivity contribution in [1.29, 1.82) is 5.26 Å².